The number of carboxylic acids is 3. The number of aromatic nitrogens is 2. The van der Waals surface area contributed by atoms with Crippen molar-refractivity contribution in [2.24, 2.45) is 0 Å². The van der Waals surface area contributed by atoms with Gasteiger partial charge in [0.25, 0.3) is 5.91 Å². The fourth-order valence-electron chi connectivity index (χ4n) is 5.14. The van der Waals surface area contributed by atoms with E-state index in [2.05, 4.69) is 32.0 Å². The van der Waals surface area contributed by atoms with Crippen molar-refractivity contribution >= 4 is 29.5 Å². The molecule has 0 unspecified atom stereocenters. The number of nitrogens with one attached hydrogen (secondary N) is 1. The zero-order chi connectivity index (χ0) is 34.3. The molecule has 2 aromatic heterocycles. The quantitative estimate of drug-likeness (QED) is 0.228. The van der Waals surface area contributed by atoms with Gasteiger partial charge in [-0.15, -0.1) is 0 Å². The summed E-state index contributed by atoms with van der Waals surface area (Å²) in [7, 11) is 0. The molecule has 48 heavy (non-hydrogen) atoms. The van der Waals surface area contributed by atoms with Gasteiger partial charge in [0.1, 0.15) is 0 Å². The summed E-state index contributed by atoms with van der Waals surface area (Å²) in [5.41, 5.74) is 3.42. The number of amides is 1. The molecule has 4 rings (SSSR count). The van der Waals surface area contributed by atoms with Crippen LogP contribution >= 0.6 is 0 Å². The van der Waals surface area contributed by atoms with Crippen LogP contribution < -0.4 is 5.32 Å². The first-order valence-corrected chi connectivity index (χ1v) is 15.5. The summed E-state index contributed by atoms with van der Waals surface area (Å²) in [6, 6.07) is 14.2. The number of hydrogen-bond acceptors (Lipinski definition) is 10. The van der Waals surface area contributed by atoms with Crippen LogP contribution in [0.4, 0.5) is 5.69 Å². The van der Waals surface area contributed by atoms with Gasteiger partial charge in [0, 0.05) is 99.9 Å². The molecule has 0 atom stereocenters. The number of carboxylic acid groups (broad SMARTS) is 3. The van der Waals surface area contributed by atoms with Crippen LogP contribution in [0.25, 0.3) is 0 Å². The molecule has 1 aliphatic rings. The van der Waals surface area contributed by atoms with Crippen LogP contribution in [0.5, 0.6) is 0 Å². The lowest BCUT2D eigenvalue weighted by Gasteiger charge is -2.33. The first kappa shape index (κ1) is 35.7. The lowest BCUT2D eigenvalue weighted by molar-refractivity contribution is -0.140. The summed E-state index contributed by atoms with van der Waals surface area (Å²) in [6.45, 7) is 3.09. The maximum atomic E-state index is 12.4. The smallest absolute Gasteiger partial charge is 0.317 e. The van der Waals surface area contributed by atoms with Crippen LogP contribution in [0, 0.1) is 11.8 Å². The van der Waals surface area contributed by atoms with Gasteiger partial charge in [0.05, 0.1) is 25.3 Å². The summed E-state index contributed by atoms with van der Waals surface area (Å²) >= 11 is 0. The summed E-state index contributed by atoms with van der Waals surface area (Å²) in [5, 5.41) is 31.1. The standard InChI is InChI=1S/C34H39N7O7/c42-31(43)23-39-15-13-38(14-16-40(24-32(44)45)18-20-41(19-17-39)25-33(46)47)22-30-21-27(7-12-36-30)2-1-26-3-5-29(6-4-26)37-34(48)28-8-10-35-11-9-28/h3-12,21H,13-20,22-25H2,(H,37,48)(H,42,43)(H,44,45)(H,46,47). The highest BCUT2D eigenvalue weighted by atomic mass is 16.4. The minimum Gasteiger partial charge on any atom is -0.480 e. The Labute approximate surface area is 278 Å². The molecule has 3 aromatic rings. The van der Waals surface area contributed by atoms with Gasteiger partial charge in [0.15, 0.2) is 0 Å². The summed E-state index contributed by atoms with van der Waals surface area (Å²) in [5.74, 6) is 3.13. The molecule has 0 aliphatic carbocycles. The van der Waals surface area contributed by atoms with Gasteiger partial charge in [-0.05, 0) is 48.5 Å². The van der Waals surface area contributed by atoms with Crippen molar-refractivity contribution in [1.82, 2.24) is 29.6 Å². The maximum absolute atomic E-state index is 12.4. The molecule has 14 heteroatoms. The average Bonchev–Trinajstić information content (AvgIpc) is 3.05. The molecule has 0 spiro atoms. The van der Waals surface area contributed by atoms with Gasteiger partial charge in [-0.25, -0.2) is 0 Å². The van der Waals surface area contributed by atoms with Crippen molar-refractivity contribution in [3.8, 4) is 11.8 Å². The number of aliphatic carboxylic acids is 3. The molecule has 1 fully saturated rings. The van der Waals surface area contributed by atoms with Gasteiger partial charge in [0.2, 0.25) is 0 Å². The molecule has 4 N–H and O–H groups in total. The predicted octanol–water partition coefficient (Wildman–Crippen LogP) is 1.10. The highest BCUT2D eigenvalue weighted by Gasteiger charge is 2.20. The van der Waals surface area contributed by atoms with Crippen molar-refractivity contribution in [1.29, 1.82) is 0 Å². The first-order valence-electron chi connectivity index (χ1n) is 15.5. The Morgan fingerprint density at radius 3 is 1.60 bits per heavy atom. The number of carbonyl (C=O) groups is 4. The van der Waals surface area contributed by atoms with Gasteiger partial charge in [-0.1, -0.05) is 11.8 Å². The third kappa shape index (κ3) is 12.5. The number of pyridine rings is 2. The molecule has 252 valence electrons. The van der Waals surface area contributed by atoms with Crippen molar-refractivity contribution in [2.45, 2.75) is 6.54 Å². The molecule has 1 aliphatic heterocycles. The Hall–Kier alpha value is -5.20. The van der Waals surface area contributed by atoms with E-state index in [9.17, 15) is 34.5 Å². The van der Waals surface area contributed by atoms with Crippen molar-refractivity contribution in [3.63, 3.8) is 0 Å². The predicted molar refractivity (Wildman–Crippen MR) is 176 cm³/mol. The summed E-state index contributed by atoms with van der Waals surface area (Å²) in [6.07, 6.45) is 4.80. The highest BCUT2D eigenvalue weighted by molar-refractivity contribution is 6.04. The van der Waals surface area contributed by atoms with Gasteiger partial charge >= 0.3 is 17.9 Å². The Morgan fingerprint density at radius 1 is 0.625 bits per heavy atom. The van der Waals surface area contributed by atoms with Crippen molar-refractivity contribution in [3.05, 3.63) is 89.5 Å². The zero-order valence-corrected chi connectivity index (χ0v) is 26.5. The molecule has 0 saturated carbocycles. The van der Waals surface area contributed by atoms with Gasteiger partial charge in [-0.3, -0.25) is 48.7 Å². The first-order chi connectivity index (χ1) is 23.1. The van der Waals surface area contributed by atoms with Crippen LogP contribution in [0.2, 0.25) is 0 Å². The third-order valence-electron chi connectivity index (χ3n) is 7.65. The number of nitrogens with zero attached hydrogens (tertiary/aromatic N) is 6. The van der Waals surface area contributed by atoms with Crippen molar-refractivity contribution < 1.29 is 34.5 Å². The van der Waals surface area contributed by atoms with Crippen LogP contribution in [-0.4, -0.2) is 141 Å². The van der Waals surface area contributed by atoms with E-state index in [4.69, 9.17) is 0 Å². The lowest BCUT2D eigenvalue weighted by Crippen LogP contribution is -2.48. The molecular weight excluding hydrogens is 618 g/mol. The lowest BCUT2D eigenvalue weighted by atomic mass is 10.1. The molecule has 1 aromatic carbocycles. The summed E-state index contributed by atoms with van der Waals surface area (Å²) < 4.78 is 0. The number of anilines is 1. The number of hydrogen-bond donors (Lipinski definition) is 4. The molecule has 14 nitrogen and oxygen atoms in total. The largest absolute Gasteiger partial charge is 0.480 e. The average molecular weight is 658 g/mol. The molecule has 0 bridgehead atoms. The Kier molecular flexibility index (Phi) is 13.5. The normalized spacial score (nSPS) is 15.7. The second kappa shape index (κ2) is 18.2. The third-order valence-corrected chi connectivity index (χ3v) is 7.65. The van der Waals surface area contributed by atoms with Crippen LogP contribution in [0.15, 0.2) is 67.1 Å². The molecule has 1 saturated heterocycles. The van der Waals surface area contributed by atoms with E-state index < -0.39 is 17.9 Å². The van der Waals surface area contributed by atoms with Gasteiger partial charge < -0.3 is 20.6 Å². The molecule has 0 radical (unpaired) electrons. The van der Waals surface area contributed by atoms with E-state index in [1.807, 2.05) is 24.3 Å². The van der Waals surface area contributed by atoms with Crippen LogP contribution in [0.1, 0.15) is 27.2 Å². The number of carbonyl (C=O) groups excluding carboxylic acids is 1. The molecule has 1 amide bonds. The van der Waals surface area contributed by atoms with Crippen molar-refractivity contribution in [2.75, 3.05) is 77.3 Å². The monoisotopic (exact) mass is 657 g/mol. The molecule has 3 heterocycles. The fraction of sp³-hybridized carbons (Fsp3) is 0.353. The second-order valence-corrected chi connectivity index (χ2v) is 11.3. The zero-order valence-electron chi connectivity index (χ0n) is 26.5. The second-order valence-electron chi connectivity index (χ2n) is 11.3. The van der Waals surface area contributed by atoms with E-state index in [0.717, 1.165) is 16.8 Å². The number of benzene rings is 1. The fourth-order valence-corrected chi connectivity index (χ4v) is 5.14. The summed E-state index contributed by atoms with van der Waals surface area (Å²) in [4.78, 5) is 62.8. The Balaban J connectivity index is 1.43. The van der Waals surface area contributed by atoms with E-state index >= 15 is 0 Å². The Bertz CT molecular complexity index is 1580. The van der Waals surface area contributed by atoms with Gasteiger partial charge in [-0.2, -0.15) is 0 Å². The highest BCUT2D eigenvalue weighted by Crippen LogP contribution is 2.12. The maximum Gasteiger partial charge on any atom is 0.317 e. The van der Waals surface area contributed by atoms with E-state index in [1.165, 1.54) is 0 Å². The topological polar surface area (TPSA) is 180 Å². The van der Waals surface area contributed by atoms with E-state index in [0.29, 0.717) is 70.2 Å². The number of rotatable bonds is 10. The Morgan fingerprint density at radius 2 is 1.10 bits per heavy atom. The van der Waals surface area contributed by atoms with Crippen LogP contribution in [0.3, 0.4) is 0 Å². The van der Waals surface area contributed by atoms with Crippen LogP contribution in [-0.2, 0) is 20.9 Å². The van der Waals surface area contributed by atoms with E-state index in [-0.39, 0.29) is 25.5 Å². The minimum atomic E-state index is -0.997. The SMILES string of the molecule is O=C(O)CN1CCN(CC(=O)O)CCN(Cc2cc(C#Cc3ccc(NC(=O)c4ccncc4)cc3)ccn2)CCN(CC(=O)O)CC1. The minimum absolute atomic E-state index is 0.179. The molecular formula is C34H39N7O7. The van der Waals surface area contributed by atoms with E-state index in [1.54, 1.807) is 57.6 Å².